The van der Waals surface area contributed by atoms with E-state index in [9.17, 15) is 9.59 Å². The minimum absolute atomic E-state index is 0.0157. The van der Waals surface area contributed by atoms with E-state index < -0.39 is 0 Å². The third-order valence-electron chi connectivity index (χ3n) is 3.48. The molecule has 0 radical (unpaired) electrons. The number of amides is 2. The smallest absolute Gasteiger partial charge is 0.232 e. The number of hydrogen-bond acceptors (Lipinski definition) is 3. The van der Waals surface area contributed by atoms with Crippen molar-refractivity contribution in [1.29, 1.82) is 0 Å². The van der Waals surface area contributed by atoms with Gasteiger partial charge in [0, 0.05) is 25.6 Å². The van der Waals surface area contributed by atoms with Crippen LogP contribution in [0.2, 0.25) is 0 Å². The molecule has 0 aliphatic carbocycles. The summed E-state index contributed by atoms with van der Waals surface area (Å²) in [6.45, 7) is 5.29. The van der Waals surface area contributed by atoms with Crippen LogP contribution in [0.4, 0.5) is 0 Å². The van der Waals surface area contributed by atoms with Crippen LogP contribution in [-0.4, -0.2) is 47.4 Å². The van der Waals surface area contributed by atoms with E-state index >= 15 is 0 Å². The zero-order chi connectivity index (χ0) is 13.5. The second-order valence-electron chi connectivity index (χ2n) is 4.85. The number of hydrogen-bond donors (Lipinski definition) is 1. The second-order valence-corrected chi connectivity index (χ2v) is 6.03. The van der Waals surface area contributed by atoms with Crippen molar-refractivity contribution in [3.05, 3.63) is 0 Å². The topological polar surface area (TPSA) is 49.4 Å². The van der Waals surface area contributed by atoms with Crippen LogP contribution >= 0.6 is 11.8 Å². The number of likely N-dealkylation sites (tertiary alicyclic amines) is 1. The molecule has 0 saturated carbocycles. The molecule has 1 rings (SSSR count). The molecule has 104 valence electrons. The summed E-state index contributed by atoms with van der Waals surface area (Å²) in [5.74, 6) is 0.182. The fourth-order valence-electron chi connectivity index (χ4n) is 2.16. The third-order valence-corrected chi connectivity index (χ3v) is 4.41. The van der Waals surface area contributed by atoms with Crippen molar-refractivity contribution in [2.45, 2.75) is 50.8 Å². The van der Waals surface area contributed by atoms with Crippen molar-refractivity contribution < 1.29 is 9.59 Å². The molecule has 0 bridgehead atoms. The highest BCUT2D eigenvalue weighted by atomic mass is 32.2. The van der Waals surface area contributed by atoms with Gasteiger partial charge in [-0.05, 0) is 39.4 Å². The van der Waals surface area contributed by atoms with E-state index in [1.165, 1.54) is 18.2 Å². The van der Waals surface area contributed by atoms with Gasteiger partial charge in [-0.25, -0.2) is 0 Å². The molecule has 1 heterocycles. The molecule has 0 spiro atoms. The van der Waals surface area contributed by atoms with Crippen LogP contribution in [0.1, 0.15) is 39.5 Å². The molecule has 5 heteroatoms. The Morgan fingerprint density at radius 2 is 2.17 bits per heavy atom. The van der Waals surface area contributed by atoms with E-state index in [-0.39, 0.29) is 17.1 Å². The second kappa shape index (κ2) is 7.67. The van der Waals surface area contributed by atoms with Gasteiger partial charge in [-0.1, -0.05) is 0 Å². The Labute approximate surface area is 114 Å². The van der Waals surface area contributed by atoms with Gasteiger partial charge in [-0.3, -0.25) is 9.59 Å². The van der Waals surface area contributed by atoms with Crippen molar-refractivity contribution in [1.82, 2.24) is 10.2 Å². The standard InChI is InChI=1S/C13H24N2O2S/c1-10-6-4-5-9-15(10)12(16)7-8-14-13(17)11(2)18-3/h10-11H,4-9H2,1-3H3,(H,14,17). The summed E-state index contributed by atoms with van der Waals surface area (Å²) < 4.78 is 0. The highest BCUT2D eigenvalue weighted by Gasteiger charge is 2.22. The lowest BCUT2D eigenvalue weighted by Gasteiger charge is -2.33. The van der Waals surface area contributed by atoms with Crippen LogP contribution in [0, 0.1) is 0 Å². The fraction of sp³-hybridized carbons (Fsp3) is 0.846. The molecule has 1 fully saturated rings. The van der Waals surface area contributed by atoms with Gasteiger partial charge in [0.25, 0.3) is 0 Å². The number of piperidine rings is 1. The lowest BCUT2D eigenvalue weighted by Crippen LogP contribution is -2.43. The monoisotopic (exact) mass is 272 g/mol. The summed E-state index contributed by atoms with van der Waals surface area (Å²) in [5.41, 5.74) is 0. The first-order valence-corrected chi connectivity index (χ1v) is 7.95. The van der Waals surface area contributed by atoms with Gasteiger partial charge < -0.3 is 10.2 Å². The maximum atomic E-state index is 12.0. The highest BCUT2D eigenvalue weighted by Crippen LogP contribution is 2.17. The van der Waals surface area contributed by atoms with E-state index in [0.717, 1.165) is 19.4 Å². The third kappa shape index (κ3) is 4.52. The minimum Gasteiger partial charge on any atom is -0.355 e. The Morgan fingerprint density at radius 1 is 1.44 bits per heavy atom. The van der Waals surface area contributed by atoms with Crippen LogP contribution in [0.5, 0.6) is 0 Å². The van der Waals surface area contributed by atoms with Gasteiger partial charge in [-0.2, -0.15) is 11.8 Å². The highest BCUT2D eigenvalue weighted by molar-refractivity contribution is 7.99. The first-order valence-electron chi connectivity index (χ1n) is 6.66. The van der Waals surface area contributed by atoms with Gasteiger partial charge >= 0.3 is 0 Å². The minimum atomic E-state index is -0.0472. The average molecular weight is 272 g/mol. The van der Waals surface area contributed by atoms with Crippen molar-refractivity contribution in [2.24, 2.45) is 0 Å². The predicted molar refractivity (Wildman–Crippen MR) is 75.6 cm³/mol. The summed E-state index contributed by atoms with van der Waals surface area (Å²) in [5, 5.41) is 2.76. The Kier molecular flexibility index (Phi) is 6.54. The number of nitrogens with zero attached hydrogens (tertiary/aromatic N) is 1. The van der Waals surface area contributed by atoms with E-state index in [2.05, 4.69) is 12.2 Å². The maximum absolute atomic E-state index is 12.0. The van der Waals surface area contributed by atoms with Crippen molar-refractivity contribution >= 4 is 23.6 Å². The van der Waals surface area contributed by atoms with Crippen molar-refractivity contribution in [2.75, 3.05) is 19.3 Å². The van der Waals surface area contributed by atoms with E-state index in [1.807, 2.05) is 18.1 Å². The molecule has 2 amide bonds. The van der Waals surface area contributed by atoms with Gasteiger partial charge in [0.05, 0.1) is 5.25 Å². The molecule has 0 aromatic carbocycles. The Bertz CT molecular complexity index is 297. The summed E-state index contributed by atoms with van der Waals surface area (Å²) in [6, 6.07) is 0.354. The first-order chi connectivity index (χ1) is 8.56. The molecule has 0 aromatic rings. The molecule has 1 N–H and O–H groups in total. The Morgan fingerprint density at radius 3 is 2.78 bits per heavy atom. The zero-order valence-electron chi connectivity index (χ0n) is 11.6. The molecule has 4 nitrogen and oxygen atoms in total. The molecular weight excluding hydrogens is 248 g/mol. The zero-order valence-corrected chi connectivity index (χ0v) is 12.4. The van der Waals surface area contributed by atoms with Gasteiger partial charge in [0.15, 0.2) is 0 Å². The van der Waals surface area contributed by atoms with Crippen molar-refractivity contribution in [3.8, 4) is 0 Å². The number of thioether (sulfide) groups is 1. The first kappa shape index (κ1) is 15.3. The van der Waals surface area contributed by atoms with E-state index in [1.54, 1.807) is 0 Å². The number of nitrogens with one attached hydrogen (secondary N) is 1. The van der Waals surface area contributed by atoms with Crippen LogP contribution in [-0.2, 0) is 9.59 Å². The van der Waals surface area contributed by atoms with Gasteiger partial charge in [0.1, 0.15) is 0 Å². The summed E-state index contributed by atoms with van der Waals surface area (Å²) >= 11 is 1.51. The summed E-state index contributed by atoms with van der Waals surface area (Å²) in [6.07, 6.45) is 5.74. The van der Waals surface area contributed by atoms with Gasteiger partial charge in [-0.15, -0.1) is 0 Å². The summed E-state index contributed by atoms with van der Waals surface area (Å²) in [7, 11) is 0. The number of carbonyl (C=O) groups is 2. The molecular formula is C13H24N2O2S. The van der Waals surface area contributed by atoms with E-state index in [4.69, 9.17) is 0 Å². The molecule has 1 aliphatic heterocycles. The SMILES string of the molecule is CSC(C)C(=O)NCCC(=O)N1CCCCC1C. The molecule has 18 heavy (non-hydrogen) atoms. The average Bonchev–Trinajstić information content (AvgIpc) is 2.37. The predicted octanol–water partition coefficient (Wildman–Crippen LogP) is 1.65. The molecule has 2 unspecified atom stereocenters. The van der Waals surface area contributed by atoms with E-state index in [0.29, 0.717) is 19.0 Å². The number of carbonyl (C=O) groups excluding carboxylic acids is 2. The Balaban J connectivity index is 2.26. The van der Waals surface area contributed by atoms with Crippen LogP contribution in [0.3, 0.4) is 0 Å². The van der Waals surface area contributed by atoms with Crippen LogP contribution < -0.4 is 5.32 Å². The normalized spacial score (nSPS) is 21.5. The van der Waals surface area contributed by atoms with Gasteiger partial charge in [0.2, 0.25) is 11.8 Å². The molecule has 0 aromatic heterocycles. The summed E-state index contributed by atoms with van der Waals surface area (Å²) in [4.78, 5) is 25.5. The lowest BCUT2D eigenvalue weighted by molar-refractivity contribution is -0.134. The van der Waals surface area contributed by atoms with Crippen LogP contribution in [0.25, 0.3) is 0 Å². The largest absolute Gasteiger partial charge is 0.355 e. The lowest BCUT2D eigenvalue weighted by atomic mass is 10.0. The van der Waals surface area contributed by atoms with Crippen LogP contribution in [0.15, 0.2) is 0 Å². The van der Waals surface area contributed by atoms with Crippen molar-refractivity contribution in [3.63, 3.8) is 0 Å². The quantitative estimate of drug-likeness (QED) is 0.828. The Hall–Kier alpha value is -0.710. The molecule has 2 atom stereocenters. The fourth-order valence-corrected chi connectivity index (χ4v) is 2.45. The number of rotatable bonds is 5. The molecule has 1 saturated heterocycles. The molecule has 1 aliphatic rings. The maximum Gasteiger partial charge on any atom is 0.232 e.